The third kappa shape index (κ3) is 2.14. The van der Waals surface area contributed by atoms with Crippen LogP contribution in [0.1, 0.15) is 25.7 Å². The van der Waals surface area contributed by atoms with Crippen LogP contribution >= 0.6 is 12.4 Å². The maximum absolute atomic E-state index is 3.41. The molecule has 0 amide bonds. The first-order chi connectivity index (χ1) is 4.45. The predicted molar refractivity (Wildman–Crippen MR) is 45.6 cm³/mol. The van der Waals surface area contributed by atoms with Crippen molar-refractivity contribution in [1.82, 2.24) is 5.32 Å². The monoisotopic (exact) mass is 161 g/mol. The second-order valence-electron chi connectivity index (χ2n) is 3.54. The highest BCUT2D eigenvalue weighted by molar-refractivity contribution is 5.85. The molecule has 0 radical (unpaired) electrons. The normalized spacial score (nSPS) is 31.8. The molecule has 1 saturated carbocycles. The van der Waals surface area contributed by atoms with Gasteiger partial charge in [-0.3, -0.25) is 0 Å². The molecule has 10 heavy (non-hydrogen) atoms. The summed E-state index contributed by atoms with van der Waals surface area (Å²) in [6, 6.07) is 0. The molecule has 60 valence electrons. The smallest absolute Gasteiger partial charge is 0.00199 e. The summed E-state index contributed by atoms with van der Waals surface area (Å²) in [6.07, 6.45) is 6.01. The minimum absolute atomic E-state index is 0. The van der Waals surface area contributed by atoms with Gasteiger partial charge in [0.15, 0.2) is 0 Å². The van der Waals surface area contributed by atoms with E-state index in [1.807, 2.05) is 0 Å². The quantitative estimate of drug-likeness (QED) is 0.652. The lowest BCUT2D eigenvalue weighted by Gasteiger charge is -2.04. The van der Waals surface area contributed by atoms with Gasteiger partial charge in [-0.25, -0.2) is 0 Å². The van der Waals surface area contributed by atoms with Gasteiger partial charge in [0.05, 0.1) is 0 Å². The molecule has 1 nitrogen and oxygen atoms in total. The Balaban J connectivity index is 0.000000500. The van der Waals surface area contributed by atoms with Gasteiger partial charge >= 0.3 is 0 Å². The van der Waals surface area contributed by atoms with Gasteiger partial charge in [-0.05, 0) is 37.8 Å². The lowest BCUT2D eigenvalue weighted by molar-refractivity contribution is 0.496. The van der Waals surface area contributed by atoms with Crippen molar-refractivity contribution >= 4 is 12.4 Å². The Morgan fingerprint density at radius 2 is 1.90 bits per heavy atom. The summed E-state index contributed by atoms with van der Waals surface area (Å²) in [5.41, 5.74) is 0. The Morgan fingerprint density at radius 3 is 2.40 bits per heavy atom. The van der Waals surface area contributed by atoms with Crippen LogP contribution in [0.3, 0.4) is 0 Å². The second kappa shape index (κ2) is 3.59. The lowest BCUT2D eigenvalue weighted by atomic mass is 10.0. The first-order valence-corrected chi connectivity index (χ1v) is 4.16. The topological polar surface area (TPSA) is 12.0 Å². The summed E-state index contributed by atoms with van der Waals surface area (Å²) in [6.45, 7) is 2.58. The van der Waals surface area contributed by atoms with Crippen molar-refractivity contribution in [2.24, 2.45) is 11.8 Å². The summed E-state index contributed by atoms with van der Waals surface area (Å²) in [7, 11) is 0. The molecule has 1 aliphatic carbocycles. The molecule has 2 rings (SSSR count). The molecule has 0 spiro atoms. The second-order valence-corrected chi connectivity index (χ2v) is 3.54. The fourth-order valence-electron chi connectivity index (χ4n) is 1.74. The first-order valence-electron chi connectivity index (χ1n) is 4.16. The van der Waals surface area contributed by atoms with E-state index in [9.17, 15) is 0 Å². The summed E-state index contributed by atoms with van der Waals surface area (Å²) in [4.78, 5) is 0. The Labute approximate surface area is 69.0 Å². The lowest BCUT2D eigenvalue weighted by Crippen LogP contribution is -2.09. The van der Waals surface area contributed by atoms with E-state index in [0.29, 0.717) is 0 Å². The van der Waals surface area contributed by atoms with Gasteiger partial charge in [0.2, 0.25) is 0 Å². The number of nitrogens with one attached hydrogen (secondary N) is 1. The molecule has 0 aromatic heterocycles. The first kappa shape index (κ1) is 8.35. The zero-order chi connectivity index (χ0) is 6.10. The van der Waals surface area contributed by atoms with Gasteiger partial charge in [-0.15, -0.1) is 12.4 Å². The van der Waals surface area contributed by atoms with Crippen LogP contribution in [0.5, 0.6) is 0 Å². The molecule has 1 aliphatic heterocycles. The van der Waals surface area contributed by atoms with Crippen LogP contribution in [0.25, 0.3) is 0 Å². The van der Waals surface area contributed by atoms with Gasteiger partial charge in [-0.2, -0.15) is 0 Å². The molecule has 2 heteroatoms. The zero-order valence-corrected chi connectivity index (χ0v) is 7.12. The number of rotatable bonds is 2. The van der Waals surface area contributed by atoms with E-state index in [2.05, 4.69) is 5.32 Å². The summed E-state index contributed by atoms with van der Waals surface area (Å²) in [5, 5.41) is 3.41. The minimum Gasteiger partial charge on any atom is -0.316 e. The van der Waals surface area contributed by atoms with Gasteiger partial charge in [0.1, 0.15) is 0 Å². The van der Waals surface area contributed by atoms with Gasteiger partial charge < -0.3 is 5.32 Å². The number of hydrogen-bond acceptors (Lipinski definition) is 1. The van der Waals surface area contributed by atoms with Crippen molar-refractivity contribution in [3.8, 4) is 0 Å². The molecule has 0 aromatic carbocycles. The molecule has 0 aromatic rings. The third-order valence-corrected chi connectivity index (χ3v) is 2.53. The van der Waals surface area contributed by atoms with Gasteiger partial charge in [0.25, 0.3) is 0 Å². The van der Waals surface area contributed by atoms with Crippen LogP contribution in [0.4, 0.5) is 0 Å². The highest BCUT2D eigenvalue weighted by Crippen LogP contribution is 2.36. The SMILES string of the molecule is C1CC(CC2CC2)CN1.Cl. The highest BCUT2D eigenvalue weighted by Gasteiger charge is 2.26. The summed E-state index contributed by atoms with van der Waals surface area (Å²) < 4.78 is 0. The maximum atomic E-state index is 3.41. The zero-order valence-electron chi connectivity index (χ0n) is 6.31. The Kier molecular flexibility index (Phi) is 2.99. The number of halogens is 1. The van der Waals surface area contributed by atoms with E-state index in [-0.39, 0.29) is 12.4 Å². The number of hydrogen-bond donors (Lipinski definition) is 1. The molecule has 1 N–H and O–H groups in total. The molecular weight excluding hydrogens is 146 g/mol. The van der Waals surface area contributed by atoms with Crippen molar-refractivity contribution in [2.75, 3.05) is 13.1 Å². The fraction of sp³-hybridized carbons (Fsp3) is 1.00. The predicted octanol–water partition coefficient (Wildman–Crippen LogP) is 1.82. The summed E-state index contributed by atoms with van der Waals surface area (Å²) in [5.74, 6) is 2.17. The van der Waals surface area contributed by atoms with E-state index < -0.39 is 0 Å². The molecule has 1 unspecified atom stereocenters. The average Bonchev–Trinajstić information content (AvgIpc) is 2.46. The van der Waals surface area contributed by atoms with Crippen LogP contribution in [0, 0.1) is 11.8 Å². The van der Waals surface area contributed by atoms with Crippen LogP contribution in [0.15, 0.2) is 0 Å². The Morgan fingerprint density at radius 1 is 1.10 bits per heavy atom. The van der Waals surface area contributed by atoms with Gasteiger partial charge in [0, 0.05) is 0 Å². The van der Waals surface area contributed by atoms with Crippen LogP contribution in [-0.2, 0) is 0 Å². The molecule has 0 bridgehead atoms. The van der Waals surface area contributed by atoms with E-state index in [4.69, 9.17) is 0 Å². The van der Waals surface area contributed by atoms with Crippen molar-refractivity contribution in [3.63, 3.8) is 0 Å². The molecule has 1 saturated heterocycles. The van der Waals surface area contributed by atoms with E-state index in [1.165, 1.54) is 38.8 Å². The van der Waals surface area contributed by atoms with E-state index in [1.54, 1.807) is 0 Å². The molecule has 2 fully saturated rings. The van der Waals surface area contributed by atoms with E-state index >= 15 is 0 Å². The summed E-state index contributed by atoms with van der Waals surface area (Å²) >= 11 is 0. The molecule has 2 aliphatic rings. The standard InChI is InChI=1S/C8H15N.ClH/c1-2-7(1)5-8-3-4-9-6-8;/h7-9H,1-6H2;1H. The van der Waals surface area contributed by atoms with Crippen molar-refractivity contribution in [2.45, 2.75) is 25.7 Å². The van der Waals surface area contributed by atoms with Crippen molar-refractivity contribution in [1.29, 1.82) is 0 Å². The molecular formula is C8H16ClN. The van der Waals surface area contributed by atoms with Crippen LogP contribution in [0.2, 0.25) is 0 Å². The Hall–Kier alpha value is 0.250. The minimum atomic E-state index is 0. The van der Waals surface area contributed by atoms with Gasteiger partial charge in [-0.1, -0.05) is 12.8 Å². The molecule has 1 heterocycles. The highest BCUT2D eigenvalue weighted by atomic mass is 35.5. The van der Waals surface area contributed by atoms with Crippen molar-refractivity contribution in [3.05, 3.63) is 0 Å². The Bertz CT molecular complexity index is 95.4. The maximum Gasteiger partial charge on any atom is -0.00199 e. The van der Waals surface area contributed by atoms with Crippen LogP contribution < -0.4 is 5.32 Å². The third-order valence-electron chi connectivity index (χ3n) is 2.53. The van der Waals surface area contributed by atoms with E-state index in [0.717, 1.165) is 11.8 Å². The average molecular weight is 162 g/mol. The van der Waals surface area contributed by atoms with Crippen LogP contribution in [-0.4, -0.2) is 13.1 Å². The van der Waals surface area contributed by atoms with Crippen molar-refractivity contribution < 1.29 is 0 Å². The molecule has 1 atom stereocenters. The fourth-order valence-corrected chi connectivity index (χ4v) is 1.74. The largest absolute Gasteiger partial charge is 0.316 e.